The lowest BCUT2D eigenvalue weighted by Gasteiger charge is -2.17. The average molecular weight is 285 g/mol. The van der Waals surface area contributed by atoms with Crippen LogP contribution in [0.4, 0.5) is 0 Å². The summed E-state index contributed by atoms with van der Waals surface area (Å²) >= 11 is 6.20. The monoisotopic (exact) mass is 284 g/mol. The number of hydrogen-bond acceptors (Lipinski definition) is 3. The fraction of sp³-hybridized carbons (Fsp3) is 0.500. The Morgan fingerprint density at radius 3 is 2.68 bits per heavy atom. The SMILES string of the molecule is Cc1c(CC(C)C(=O)O)cc(Cl)c2c1OCCCO2. The molecule has 1 heterocycles. The number of fused-ring (bicyclic) bond motifs is 1. The quantitative estimate of drug-likeness (QED) is 0.927. The minimum Gasteiger partial charge on any atom is -0.489 e. The van der Waals surface area contributed by atoms with Gasteiger partial charge in [-0.2, -0.15) is 0 Å². The van der Waals surface area contributed by atoms with Crippen molar-refractivity contribution in [3.05, 3.63) is 22.2 Å². The number of aliphatic carboxylic acids is 1. The number of hydrogen-bond donors (Lipinski definition) is 1. The van der Waals surface area contributed by atoms with Crippen LogP contribution in [-0.2, 0) is 11.2 Å². The van der Waals surface area contributed by atoms with Gasteiger partial charge in [0.05, 0.1) is 24.2 Å². The van der Waals surface area contributed by atoms with Crippen LogP contribution in [0.25, 0.3) is 0 Å². The third-order valence-electron chi connectivity index (χ3n) is 3.28. The lowest BCUT2D eigenvalue weighted by atomic mass is 9.96. The lowest BCUT2D eigenvalue weighted by molar-refractivity contribution is -0.141. The van der Waals surface area contributed by atoms with Crippen molar-refractivity contribution < 1.29 is 19.4 Å². The predicted octanol–water partition coefficient (Wildman–Crippen LogP) is 3.07. The summed E-state index contributed by atoms with van der Waals surface area (Å²) in [6.45, 7) is 4.76. The third-order valence-corrected chi connectivity index (χ3v) is 3.56. The number of halogens is 1. The number of carbonyl (C=O) groups is 1. The van der Waals surface area contributed by atoms with Gasteiger partial charge in [0.15, 0.2) is 11.5 Å². The molecule has 0 spiro atoms. The first-order valence-electron chi connectivity index (χ1n) is 6.31. The molecule has 0 aliphatic carbocycles. The molecule has 19 heavy (non-hydrogen) atoms. The highest BCUT2D eigenvalue weighted by atomic mass is 35.5. The first-order chi connectivity index (χ1) is 9.00. The van der Waals surface area contributed by atoms with Gasteiger partial charge in [0, 0.05) is 6.42 Å². The fourth-order valence-corrected chi connectivity index (χ4v) is 2.37. The summed E-state index contributed by atoms with van der Waals surface area (Å²) in [5.74, 6) is -0.0527. The molecule has 1 atom stereocenters. The second-order valence-electron chi connectivity index (χ2n) is 4.79. The van der Waals surface area contributed by atoms with Crippen molar-refractivity contribution in [2.75, 3.05) is 13.2 Å². The molecule has 0 saturated carbocycles. The summed E-state index contributed by atoms with van der Waals surface area (Å²) in [5.41, 5.74) is 1.80. The number of ether oxygens (including phenoxy) is 2. The van der Waals surface area contributed by atoms with E-state index in [4.69, 9.17) is 26.2 Å². The minimum absolute atomic E-state index is 0.428. The number of carboxylic acids is 1. The molecule has 0 saturated heterocycles. The smallest absolute Gasteiger partial charge is 0.306 e. The molecular formula is C14H17ClO4. The maximum Gasteiger partial charge on any atom is 0.306 e. The molecule has 0 amide bonds. The average Bonchev–Trinajstić information content (AvgIpc) is 2.61. The van der Waals surface area contributed by atoms with Gasteiger partial charge in [-0.1, -0.05) is 18.5 Å². The van der Waals surface area contributed by atoms with Crippen LogP contribution in [0.3, 0.4) is 0 Å². The number of benzene rings is 1. The standard InChI is InChI=1S/C14H17ClO4/c1-8(14(16)17)6-10-7-11(15)13-12(9(10)2)18-4-3-5-19-13/h7-8H,3-6H2,1-2H3,(H,16,17). The Labute approximate surface area is 117 Å². The van der Waals surface area contributed by atoms with E-state index in [0.29, 0.717) is 36.2 Å². The predicted molar refractivity (Wildman–Crippen MR) is 72.3 cm³/mol. The van der Waals surface area contributed by atoms with Crippen LogP contribution in [0, 0.1) is 12.8 Å². The Hall–Kier alpha value is -1.42. The van der Waals surface area contributed by atoms with E-state index in [-0.39, 0.29) is 0 Å². The molecule has 0 aromatic heterocycles. The summed E-state index contributed by atoms with van der Waals surface area (Å²) in [5, 5.41) is 9.48. The largest absolute Gasteiger partial charge is 0.489 e. The Balaban J connectivity index is 2.38. The Morgan fingerprint density at radius 2 is 2.05 bits per heavy atom. The zero-order valence-electron chi connectivity index (χ0n) is 11.0. The van der Waals surface area contributed by atoms with Crippen LogP contribution < -0.4 is 9.47 Å². The molecule has 104 valence electrons. The van der Waals surface area contributed by atoms with Crippen molar-refractivity contribution in [1.82, 2.24) is 0 Å². The third kappa shape index (κ3) is 2.95. The van der Waals surface area contributed by atoms with Crippen molar-refractivity contribution in [2.45, 2.75) is 26.7 Å². The van der Waals surface area contributed by atoms with E-state index in [1.165, 1.54) is 0 Å². The van der Waals surface area contributed by atoms with Crippen LogP contribution >= 0.6 is 11.6 Å². The highest BCUT2D eigenvalue weighted by Crippen LogP contribution is 2.41. The van der Waals surface area contributed by atoms with Gasteiger partial charge in [0.25, 0.3) is 0 Å². The second-order valence-corrected chi connectivity index (χ2v) is 5.20. The van der Waals surface area contributed by atoms with E-state index >= 15 is 0 Å². The maximum atomic E-state index is 11.0. The zero-order chi connectivity index (χ0) is 14.0. The molecule has 1 aromatic carbocycles. The van der Waals surface area contributed by atoms with Crippen LogP contribution in [0.15, 0.2) is 6.07 Å². The first kappa shape index (κ1) is 14.0. The molecule has 1 aliphatic heterocycles. The van der Waals surface area contributed by atoms with E-state index in [1.807, 2.05) is 6.92 Å². The van der Waals surface area contributed by atoms with Crippen molar-refractivity contribution in [2.24, 2.45) is 5.92 Å². The summed E-state index contributed by atoms with van der Waals surface area (Å²) in [6.07, 6.45) is 1.24. The Bertz CT molecular complexity index is 499. The first-order valence-corrected chi connectivity index (χ1v) is 6.69. The lowest BCUT2D eigenvalue weighted by Crippen LogP contribution is -2.13. The van der Waals surface area contributed by atoms with Gasteiger partial charge in [0.1, 0.15) is 0 Å². The normalized spacial score (nSPS) is 15.7. The summed E-state index contributed by atoms with van der Waals surface area (Å²) < 4.78 is 11.3. The van der Waals surface area contributed by atoms with Crippen LogP contribution in [0.2, 0.25) is 5.02 Å². The highest BCUT2D eigenvalue weighted by Gasteiger charge is 2.22. The molecule has 0 radical (unpaired) electrons. The van der Waals surface area contributed by atoms with E-state index in [0.717, 1.165) is 17.5 Å². The number of carboxylic acid groups (broad SMARTS) is 1. The van der Waals surface area contributed by atoms with Gasteiger partial charge in [-0.15, -0.1) is 0 Å². The molecule has 0 bridgehead atoms. The van der Waals surface area contributed by atoms with Gasteiger partial charge < -0.3 is 14.6 Å². The van der Waals surface area contributed by atoms with E-state index in [9.17, 15) is 4.79 Å². The summed E-state index contributed by atoms with van der Waals surface area (Å²) in [6, 6.07) is 1.78. The molecule has 5 heteroatoms. The molecule has 1 unspecified atom stereocenters. The van der Waals surface area contributed by atoms with Gasteiger partial charge in [0.2, 0.25) is 0 Å². The topological polar surface area (TPSA) is 55.8 Å². The van der Waals surface area contributed by atoms with Gasteiger partial charge in [-0.3, -0.25) is 4.79 Å². The van der Waals surface area contributed by atoms with Crippen LogP contribution in [0.5, 0.6) is 11.5 Å². The number of rotatable bonds is 3. The molecular weight excluding hydrogens is 268 g/mol. The van der Waals surface area contributed by atoms with Crippen LogP contribution in [-0.4, -0.2) is 24.3 Å². The van der Waals surface area contributed by atoms with E-state index in [1.54, 1.807) is 13.0 Å². The van der Waals surface area contributed by atoms with Gasteiger partial charge in [-0.05, 0) is 30.5 Å². The summed E-state index contributed by atoms with van der Waals surface area (Å²) in [7, 11) is 0. The molecule has 1 aliphatic rings. The van der Waals surface area contributed by atoms with E-state index in [2.05, 4.69) is 0 Å². The van der Waals surface area contributed by atoms with Crippen LogP contribution in [0.1, 0.15) is 24.5 Å². The zero-order valence-corrected chi connectivity index (χ0v) is 11.8. The molecule has 1 aromatic rings. The molecule has 1 N–H and O–H groups in total. The Morgan fingerprint density at radius 1 is 1.42 bits per heavy atom. The highest BCUT2D eigenvalue weighted by molar-refractivity contribution is 6.32. The molecule has 0 fully saturated rings. The van der Waals surface area contributed by atoms with Crippen molar-refractivity contribution in [3.63, 3.8) is 0 Å². The van der Waals surface area contributed by atoms with Crippen molar-refractivity contribution in [3.8, 4) is 11.5 Å². The fourth-order valence-electron chi connectivity index (χ4n) is 2.10. The molecule has 4 nitrogen and oxygen atoms in total. The van der Waals surface area contributed by atoms with Gasteiger partial charge >= 0.3 is 5.97 Å². The second kappa shape index (κ2) is 5.70. The Kier molecular flexibility index (Phi) is 4.20. The van der Waals surface area contributed by atoms with Crippen molar-refractivity contribution >= 4 is 17.6 Å². The van der Waals surface area contributed by atoms with Crippen molar-refractivity contribution in [1.29, 1.82) is 0 Å². The van der Waals surface area contributed by atoms with Gasteiger partial charge in [-0.25, -0.2) is 0 Å². The maximum absolute atomic E-state index is 11.0. The summed E-state index contributed by atoms with van der Waals surface area (Å²) in [4.78, 5) is 11.0. The molecule has 2 rings (SSSR count). The minimum atomic E-state index is -0.817. The van der Waals surface area contributed by atoms with E-state index < -0.39 is 11.9 Å².